The molecule has 0 bridgehead atoms. The number of hydrogen-bond acceptors (Lipinski definition) is 2. The number of aromatic nitrogens is 2. The van der Waals surface area contributed by atoms with Gasteiger partial charge in [0.1, 0.15) is 5.82 Å². The average molecular weight is 255 g/mol. The summed E-state index contributed by atoms with van der Waals surface area (Å²) in [5, 5.41) is 2.77. The number of amides is 1. The highest BCUT2D eigenvalue weighted by molar-refractivity contribution is 6.00. The van der Waals surface area contributed by atoms with E-state index in [0.29, 0.717) is 0 Å². The van der Waals surface area contributed by atoms with Gasteiger partial charge in [0, 0.05) is 18.7 Å². The number of aryl methyl sites for hydroxylation is 2. The van der Waals surface area contributed by atoms with Crippen LogP contribution in [0.5, 0.6) is 0 Å². The second-order valence-electron chi connectivity index (χ2n) is 4.89. The Morgan fingerprint density at radius 3 is 3.11 bits per heavy atom. The fourth-order valence-electron chi connectivity index (χ4n) is 2.62. The summed E-state index contributed by atoms with van der Waals surface area (Å²) in [4.78, 5) is 16.0. The van der Waals surface area contributed by atoms with E-state index in [9.17, 15) is 4.79 Å². The third-order valence-electron chi connectivity index (χ3n) is 3.56. The van der Waals surface area contributed by atoms with Crippen molar-refractivity contribution in [3.8, 4) is 0 Å². The molecule has 1 aliphatic heterocycles. The number of nitrogens with one attached hydrogen (secondary N) is 1. The minimum Gasteiger partial charge on any atom is -0.328 e. The zero-order valence-corrected chi connectivity index (χ0v) is 10.9. The Morgan fingerprint density at radius 2 is 2.26 bits per heavy atom. The lowest BCUT2D eigenvalue weighted by Gasteiger charge is -2.05. The van der Waals surface area contributed by atoms with Gasteiger partial charge in [0.05, 0.1) is 11.0 Å². The lowest BCUT2D eigenvalue weighted by Crippen LogP contribution is -2.07. The molecule has 98 valence electrons. The molecule has 1 amide bonds. The maximum atomic E-state index is 11.3. The molecule has 0 saturated heterocycles. The molecule has 4 heteroatoms. The number of benzene rings is 1. The maximum Gasteiger partial charge on any atom is 0.247 e. The topological polar surface area (TPSA) is 46.9 Å². The molecule has 0 saturated carbocycles. The highest BCUT2D eigenvalue weighted by Crippen LogP contribution is 2.24. The first-order valence-electron chi connectivity index (χ1n) is 6.70. The molecule has 4 nitrogen and oxygen atoms in total. The average Bonchev–Trinajstić information content (AvgIpc) is 2.59. The molecule has 19 heavy (non-hydrogen) atoms. The molecule has 0 unspecified atom stereocenters. The molecule has 2 heterocycles. The Kier molecular flexibility index (Phi) is 3.07. The second-order valence-corrected chi connectivity index (χ2v) is 4.89. The van der Waals surface area contributed by atoms with Crippen molar-refractivity contribution in [2.24, 2.45) is 0 Å². The summed E-state index contributed by atoms with van der Waals surface area (Å²) in [7, 11) is 0. The molecule has 3 rings (SSSR count). The fourth-order valence-corrected chi connectivity index (χ4v) is 2.62. The SMILES string of the molecule is C=CC(=O)Nc1ccc2c(c1)nc1n2CCCCC1. The van der Waals surface area contributed by atoms with Crippen LogP contribution in [0.4, 0.5) is 5.69 Å². The van der Waals surface area contributed by atoms with E-state index in [0.717, 1.165) is 29.7 Å². The maximum absolute atomic E-state index is 11.3. The Morgan fingerprint density at radius 1 is 1.37 bits per heavy atom. The van der Waals surface area contributed by atoms with Crippen LogP contribution in [0.3, 0.4) is 0 Å². The summed E-state index contributed by atoms with van der Waals surface area (Å²) < 4.78 is 2.31. The van der Waals surface area contributed by atoms with E-state index in [-0.39, 0.29) is 5.91 Å². The van der Waals surface area contributed by atoms with Gasteiger partial charge in [-0.05, 0) is 37.1 Å². The summed E-state index contributed by atoms with van der Waals surface area (Å²) in [6.45, 7) is 4.50. The van der Waals surface area contributed by atoms with Crippen molar-refractivity contribution < 1.29 is 4.79 Å². The number of rotatable bonds is 2. The van der Waals surface area contributed by atoms with Crippen LogP contribution in [-0.4, -0.2) is 15.5 Å². The smallest absolute Gasteiger partial charge is 0.247 e. The molecule has 2 aromatic rings. The minimum absolute atomic E-state index is 0.194. The van der Waals surface area contributed by atoms with Gasteiger partial charge < -0.3 is 9.88 Å². The summed E-state index contributed by atoms with van der Waals surface area (Å²) in [6.07, 6.45) is 6.02. The van der Waals surface area contributed by atoms with Crippen molar-refractivity contribution >= 4 is 22.6 Å². The monoisotopic (exact) mass is 255 g/mol. The molecule has 1 aliphatic rings. The number of anilines is 1. The highest BCUT2D eigenvalue weighted by Gasteiger charge is 2.13. The highest BCUT2D eigenvalue weighted by atomic mass is 16.1. The van der Waals surface area contributed by atoms with Gasteiger partial charge in [-0.3, -0.25) is 4.79 Å². The van der Waals surface area contributed by atoms with Crippen molar-refractivity contribution in [2.75, 3.05) is 5.32 Å². The summed E-state index contributed by atoms with van der Waals surface area (Å²) in [5.74, 6) is 0.972. The van der Waals surface area contributed by atoms with Crippen LogP contribution in [0.2, 0.25) is 0 Å². The first-order valence-corrected chi connectivity index (χ1v) is 6.70. The van der Waals surface area contributed by atoms with Gasteiger partial charge in [-0.15, -0.1) is 0 Å². The normalized spacial score (nSPS) is 14.7. The van der Waals surface area contributed by atoms with E-state index >= 15 is 0 Å². The van der Waals surface area contributed by atoms with Gasteiger partial charge in [0.15, 0.2) is 0 Å². The van der Waals surface area contributed by atoms with Crippen molar-refractivity contribution in [2.45, 2.75) is 32.2 Å². The van der Waals surface area contributed by atoms with Gasteiger partial charge in [-0.25, -0.2) is 4.98 Å². The van der Waals surface area contributed by atoms with Crippen LogP contribution < -0.4 is 5.32 Å². The molecule has 0 fully saturated rings. The van der Waals surface area contributed by atoms with Crippen LogP contribution in [-0.2, 0) is 17.8 Å². The first kappa shape index (κ1) is 12.0. The molecule has 0 radical (unpaired) electrons. The van der Waals surface area contributed by atoms with E-state index < -0.39 is 0 Å². The van der Waals surface area contributed by atoms with Crippen LogP contribution in [0.15, 0.2) is 30.9 Å². The molecule has 0 spiro atoms. The Balaban J connectivity index is 2.00. The largest absolute Gasteiger partial charge is 0.328 e. The van der Waals surface area contributed by atoms with E-state index in [4.69, 9.17) is 4.98 Å². The zero-order valence-electron chi connectivity index (χ0n) is 10.9. The number of fused-ring (bicyclic) bond motifs is 3. The van der Waals surface area contributed by atoms with Crippen molar-refractivity contribution in [3.63, 3.8) is 0 Å². The lowest BCUT2D eigenvalue weighted by atomic mass is 10.2. The molecule has 1 N–H and O–H groups in total. The molecule has 1 aromatic heterocycles. The van der Waals surface area contributed by atoms with Crippen molar-refractivity contribution in [1.29, 1.82) is 0 Å². The Labute approximate surface area is 112 Å². The molecular formula is C15H17N3O. The number of imidazole rings is 1. The second kappa shape index (κ2) is 4.88. The molecule has 0 atom stereocenters. The van der Waals surface area contributed by atoms with Gasteiger partial charge in [0.25, 0.3) is 0 Å². The van der Waals surface area contributed by atoms with E-state index in [1.165, 1.54) is 31.2 Å². The standard InChI is InChI=1S/C15H17N3O/c1-2-15(19)16-11-7-8-13-12(10-11)17-14-6-4-3-5-9-18(13)14/h2,7-8,10H,1,3-6,9H2,(H,16,19). The van der Waals surface area contributed by atoms with Crippen molar-refractivity contribution in [3.05, 3.63) is 36.7 Å². The fraction of sp³-hybridized carbons (Fsp3) is 0.333. The molecule has 1 aromatic carbocycles. The van der Waals surface area contributed by atoms with Crippen LogP contribution in [0.25, 0.3) is 11.0 Å². The van der Waals surface area contributed by atoms with Gasteiger partial charge >= 0.3 is 0 Å². The Hall–Kier alpha value is -2.10. The quantitative estimate of drug-likeness (QED) is 0.839. The van der Waals surface area contributed by atoms with Crippen LogP contribution >= 0.6 is 0 Å². The van der Waals surface area contributed by atoms with Gasteiger partial charge in [0.2, 0.25) is 5.91 Å². The number of nitrogens with zero attached hydrogens (tertiary/aromatic N) is 2. The summed E-state index contributed by atoms with van der Waals surface area (Å²) >= 11 is 0. The first-order chi connectivity index (χ1) is 9.28. The lowest BCUT2D eigenvalue weighted by molar-refractivity contribution is -0.111. The molecule has 0 aliphatic carbocycles. The minimum atomic E-state index is -0.194. The third-order valence-corrected chi connectivity index (χ3v) is 3.56. The molecular weight excluding hydrogens is 238 g/mol. The van der Waals surface area contributed by atoms with E-state index in [1.54, 1.807) is 0 Å². The van der Waals surface area contributed by atoms with Gasteiger partial charge in [-0.1, -0.05) is 13.0 Å². The summed E-state index contributed by atoms with van der Waals surface area (Å²) in [5.41, 5.74) is 2.89. The van der Waals surface area contributed by atoms with Gasteiger partial charge in [-0.2, -0.15) is 0 Å². The van der Waals surface area contributed by atoms with E-state index in [1.807, 2.05) is 18.2 Å². The predicted octanol–water partition coefficient (Wildman–Crippen LogP) is 2.89. The number of hydrogen-bond donors (Lipinski definition) is 1. The zero-order chi connectivity index (χ0) is 13.2. The Bertz CT molecular complexity index is 642. The summed E-state index contributed by atoms with van der Waals surface area (Å²) in [6, 6.07) is 5.89. The van der Waals surface area contributed by atoms with Crippen LogP contribution in [0.1, 0.15) is 25.1 Å². The number of carbonyl (C=O) groups excluding carboxylic acids is 1. The third kappa shape index (κ3) is 2.26. The van der Waals surface area contributed by atoms with Crippen LogP contribution in [0, 0.1) is 0 Å². The van der Waals surface area contributed by atoms with Crippen molar-refractivity contribution in [1.82, 2.24) is 9.55 Å². The number of carbonyl (C=O) groups is 1. The predicted molar refractivity (Wildman–Crippen MR) is 76.1 cm³/mol. The van der Waals surface area contributed by atoms with E-state index in [2.05, 4.69) is 16.5 Å².